The van der Waals surface area contributed by atoms with Crippen LogP contribution in [0.2, 0.25) is 0 Å². The van der Waals surface area contributed by atoms with Crippen molar-refractivity contribution in [3.8, 4) is 0 Å². The Kier molecular flexibility index (Phi) is 3.10. The first-order chi connectivity index (χ1) is 7.41. The zero-order valence-corrected chi connectivity index (χ0v) is 11.4. The summed E-state index contributed by atoms with van der Waals surface area (Å²) in [5.41, 5.74) is 7.96. The number of aryl methyl sites for hydroxylation is 1. The molecule has 0 bridgehead atoms. The van der Waals surface area contributed by atoms with Gasteiger partial charge in [-0.15, -0.1) is 11.3 Å². The van der Waals surface area contributed by atoms with E-state index in [1.807, 2.05) is 6.92 Å². The van der Waals surface area contributed by atoms with Crippen LogP contribution in [0.4, 0.5) is 0 Å². The lowest BCUT2D eigenvalue weighted by Gasteiger charge is -2.27. The maximum absolute atomic E-state index is 6.56. The molecule has 0 saturated heterocycles. The van der Waals surface area contributed by atoms with E-state index in [2.05, 4.69) is 24.2 Å². The summed E-state index contributed by atoms with van der Waals surface area (Å²) in [4.78, 5) is 4.59. The smallest absolute Gasteiger partial charge is 0.113 e. The predicted molar refractivity (Wildman–Crippen MR) is 69.6 cm³/mol. The van der Waals surface area contributed by atoms with E-state index in [1.165, 1.54) is 19.3 Å². The van der Waals surface area contributed by atoms with Crippen molar-refractivity contribution in [2.24, 2.45) is 11.1 Å². The van der Waals surface area contributed by atoms with Crippen molar-refractivity contribution in [1.29, 1.82) is 0 Å². The fourth-order valence-corrected chi connectivity index (χ4v) is 3.46. The maximum atomic E-state index is 6.56. The predicted octanol–water partition coefficient (Wildman–Crippen LogP) is 3.60. The second-order valence-corrected chi connectivity index (χ2v) is 6.83. The summed E-state index contributed by atoms with van der Waals surface area (Å²) in [7, 11) is 0. The standard InChI is InChI=1S/C13H22N2S/c1-10-9-16-11(15-10)13(14)6-4-5-12(2,3)7-8-13/h9H,4-8,14H2,1-3H3. The van der Waals surface area contributed by atoms with Gasteiger partial charge in [0.2, 0.25) is 0 Å². The van der Waals surface area contributed by atoms with Crippen LogP contribution in [0, 0.1) is 12.3 Å². The van der Waals surface area contributed by atoms with Crippen molar-refractivity contribution in [2.75, 3.05) is 0 Å². The minimum Gasteiger partial charge on any atom is -0.319 e. The molecule has 0 amide bonds. The van der Waals surface area contributed by atoms with Gasteiger partial charge in [0.05, 0.1) is 5.54 Å². The molecule has 0 spiro atoms. The van der Waals surface area contributed by atoms with Crippen LogP contribution in [0.15, 0.2) is 5.38 Å². The third-order valence-corrected chi connectivity index (χ3v) is 4.95. The highest BCUT2D eigenvalue weighted by Crippen LogP contribution is 2.42. The lowest BCUT2D eigenvalue weighted by Crippen LogP contribution is -2.36. The number of hydrogen-bond acceptors (Lipinski definition) is 3. The van der Waals surface area contributed by atoms with E-state index in [9.17, 15) is 0 Å². The number of thiazole rings is 1. The Hall–Kier alpha value is -0.410. The van der Waals surface area contributed by atoms with E-state index in [4.69, 9.17) is 5.73 Å². The molecule has 1 aromatic heterocycles. The molecule has 2 N–H and O–H groups in total. The molecule has 16 heavy (non-hydrogen) atoms. The fraction of sp³-hybridized carbons (Fsp3) is 0.769. The number of nitrogens with two attached hydrogens (primary N) is 1. The molecule has 2 rings (SSSR count). The quantitative estimate of drug-likeness (QED) is 0.759. The monoisotopic (exact) mass is 238 g/mol. The fourth-order valence-electron chi connectivity index (χ4n) is 2.49. The maximum Gasteiger partial charge on any atom is 0.113 e. The molecule has 1 fully saturated rings. The molecule has 2 nitrogen and oxygen atoms in total. The van der Waals surface area contributed by atoms with E-state index in [0.29, 0.717) is 5.41 Å². The third-order valence-electron chi connectivity index (χ3n) is 3.77. The Bertz CT molecular complexity index is 370. The molecule has 0 aliphatic heterocycles. The second-order valence-electron chi connectivity index (χ2n) is 5.97. The van der Waals surface area contributed by atoms with Crippen LogP contribution in [0.5, 0.6) is 0 Å². The summed E-state index contributed by atoms with van der Waals surface area (Å²) >= 11 is 1.73. The molecule has 3 heteroatoms. The molecule has 1 atom stereocenters. The van der Waals surface area contributed by atoms with E-state index >= 15 is 0 Å². The van der Waals surface area contributed by atoms with Gasteiger partial charge in [-0.25, -0.2) is 4.98 Å². The molecule has 1 aliphatic carbocycles. The lowest BCUT2D eigenvalue weighted by atomic mass is 9.84. The summed E-state index contributed by atoms with van der Waals surface area (Å²) in [6.07, 6.45) is 5.89. The van der Waals surface area contributed by atoms with E-state index in [0.717, 1.165) is 23.5 Å². The van der Waals surface area contributed by atoms with Gasteiger partial charge in [0.1, 0.15) is 5.01 Å². The Morgan fingerprint density at radius 1 is 1.25 bits per heavy atom. The van der Waals surface area contributed by atoms with Gasteiger partial charge in [-0.2, -0.15) is 0 Å². The average molecular weight is 238 g/mol. The molecule has 0 aromatic carbocycles. The summed E-state index contributed by atoms with van der Waals surface area (Å²) in [6.45, 7) is 6.75. The lowest BCUT2D eigenvalue weighted by molar-refractivity contribution is 0.299. The molecule has 1 heterocycles. The zero-order valence-electron chi connectivity index (χ0n) is 10.5. The minimum atomic E-state index is -0.160. The number of hydrogen-bond donors (Lipinski definition) is 1. The number of rotatable bonds is 1. The van der Waals surface area contributed by atoms with Gasteiger partial charge < -0.3 is 5.73 Å². The van der Waals surface area contributed by atoms with E-state index < -0.39 is 0 Å². The molecular formula is C13H22N2S. The van der Waals surface area contributed by atoms with Crippen molar-refractivity contribution in [1.82, 2.24) is 4.98 Å². The van der Waals surface area contributed by atoms with E-state index in [-0.39, 0.29) is 5.54 Å². The van der Waals surface area contributed by atoms with Crippen molar-refractivity contribution >= 4 is 11.3 Å². The third kappa shape index (κ3) is 2.46. The van der Waals surface area contributed by atoms with Crippen molar-refractivity contribution < 1.29 is 0 Å². The zero-order chi connectivity index (χ0) is 11.8. The van der Waals surface area contributed by atoms with Crippen LogP contribution >= 0.6 is 11.3 Å². The SMILES string of the molecule is Cc1csc(C2(N)CCCC(C)(C)CC2)n1. The molecule has 1 aromatic rings. The average Bonchev–Trinajstić information content (AvgIpc) is 2.57. The molecular weight excluding hydrogens is 216 g/mol. The highest BCUT2D eigenvalue weighted by atomic mass is 32.1. The first-order valence-corrected chi connectivity index (χ1v) is 7.01. The molecule has 1 unspecified atom stereocenters. The van der Waals surface area contributed by atoms with Crippen LogP contribution < -0.4 is 5.73 Å². The van der Waals surface area contributed by atoms with Crippen LogP contribution in [-0.4, -0.2) is 4.98 Å². The van der Waals surface area contributed by atoms with Crippen LogP contribution in [-0.2, 0) is 5.54 Å². The van der Waals surface area contributed by atoms with Gasteiger partial charge in [0.25, 0.3) is 0 Å². The minimum absolute atomic E-state index is 0.160. The van der Waals surface area contributed by atoms with Crippen LogP contribution in [0.3, 0.4) is 0 Å². The van der Waals surface area contributed by atoms with Gasteiger partial charge in [0.15, 0.2) is 0 Å². The van der Waals surface area contributed by atoms with Gasteiger partial charge >= 0.3 is 0 Å². The summed E-state index contributed by atoms with van der Waals surface area (Å²) in [5.74, 6) is 0. The topological polar surface area (TPSA) is 38.9 Å². The highest BCUT2D eigenvalue weighted by molar-refractivity contribution is 7.09. The first-order valence-electron chi connectivity index (χ1n) is 6.13. The van der Waals surface area contributed by atoms with Crippen molar-refractivity contribution in [3.05, 3.63) is 16.1 Å². The normalized spacial score (nSPS) is 30.0. The summed E-state index contributed by atoms with van der Waals surface area (Å²) < 4.78 is 0. The Balaban J connectivity index is 2.19. The van der Waals surface area contributed by atoms with Crippen LogP contribution in [0.1, 0.15) is 56.7 Å². The molecule has 0 radical (unpaired) electrons. The first kappa shape index (κ1) is 12.1. The van der Waals surface area contributed by atoms with Gasteiger partial charge in [-0.3, -0.25) is 0 Å². The van der Waals surface area contributed by atoms with Gasteiger partial charge in [-0.1, -0.05) is 20.3 Å². The summed E-state index contributed by atoms with van der Waals surface area (Å²) in [6, 6.07) is 0. The van der Waals surface area contributed by atoms with Gasteiger partial charge in [-0.05, 0) is 38.0 Å². The highest BCUT2D eigenvalue weighted by Gasteiger charge is 2.35. The second kappa shape index (κ2) is 4.11. The van der Waals surface area contributed by atoms with Gasteiger partial charge in [0, 0.05) is 11.1 Å². The molecule has 90 valence electrons. The Labute approximate surface area is 102 Å². The molecule has 1 aliphatic rings. The Morgan fingerprint density at radius 2 is 2.00 bits per heavy atom. The number of aromatic nitrogens is 1. The largest absolute Gasteiger partial charge is 0.319 e. The number of nitrogens with zero attached hydrogens (tertiary/aromatic N) is 1. The Morgan fingerprint density at radius 3 is 2.62 bits per heavy atom. The van der Waals surface area contributed by atoms with Crippen LogP contribution in [0.25, 0.3) is 0 Å². The molecule has 1 saturated carbocycles. The van der Waals surface area contributed by atoms with Crippen molar-refractivity contribution in [2.45, 2.75) is 58.4 Å². The summed E-state index contributed by atoms with van der Waals surface area (Å²) in [5, 5.41) is 3.25. The van der Waals surface area contributed by atoms with Crippen molar-refractivity contribution in [3.63, 3.8) is 0 Å². The van der Waals surface area contributed by atoms with E-state index in [1.54, 1.807) is 11.3 Å².